The van der Waals surface area contributed by atoms with Crippen LogP contribution in [0, 0.1) is 5.41 Å². The van der Waals surface area contributed by atoms with E-state index in [0.717, 1.165) is 31.5 Å². The lowest BCUT2D eigenvalue weighted by atomic mass is 9.82. The molecule has 1 aliphatic rings. The summed E-state index contributed by atoms with van der Waals surface area (Å²) in [4.78, 5) is 14.9. The first-order valence-corrected chi connectivity index (χ1v) is 7.45. The smallest absolute Gasteiger partial charge is 0.236 e. The fourth-order valence-corrected chi connectivity index (χ4v) is 2.83. The second-order valence-electron chi connectivity index (χ2n) is 6.24. The van der Waals surface area contributed by atoms with Crippen LogP contribution in [0.1, 0.15) is 38.2 Å². The van der Waals surface area contributed by atoms with Gasteiger partial charge in [-0.15, -0.1) is 0 Å². The third-order valence-corrected chi connectivity index (χ3v) is 4.33. The highest BCUT2D eigenvalue weighted by molar-refractivity contribution is 7.80. The lowest BCUT2D eigenvalue weighted by Gasteiger charge is -2.38. The van der Waals surface area contributed by atoms with E-state index in [1.165, 1.54) is 0 Å². The SMILES string of the molecule is CC1(C)CCN(C(=O)C(C(N)=S)c2ccccc2)CC1. The highest BCUT2D eigenvalue weighted by Gasteiger charge is 2.33. The van der Waals surface area contributed by atoms with Crippen molar-refractivity contribution in [3.63, 3.8) is 0 Å². The number of piperidine rings is 1. The Kier molecular flexibility index (Phi) is 4.43. The van der Waals surface area contributed by atoms with E-state index in [0.29, 0.717) is 5.41 Å². The molecule has 3 nitrogen and oxygen atoms in total. The van der Waals surface area contributed by atoms with Crippen LogP contribution in [0.15, 0.2) is 30.3 Å². The average Bonchev–Trinajstić information content (AvgIpc) is 2.39. The van der Waals surface area contributed by atoms with Gasteiger partial charge in [-0.3, -0.25) is 4.79 Å². The molecule has 1 aliphatic heterocycles. The number of rotatable bonds is 3. The van der Waals surface area contributed by atoms with Crippen LogP contribution in [0.2, 0.25) is 0 Å². The van der Waals surface area contributed by atoms with Gasteiger partial charge in [0.25, 0.3) is 0 Å². The molecule has 1 fully saturated rings. The van der Waals surface area contributed by atoms with E-state index in [4.69, 9.17) is 18.0 Å². The van der Waals surface area contributed by atoms with E-state index in [1.54, 1.807) is 0 Å². The molecule has 0 radical (unpaired) electrons. The summed E-state index contributed by atoms with van der Waals surface area (Å²) in [6.07, 6.45) is 2.05. The van der Waals surface area contributed by atoms with Crippen molar-refractivity contribution in [1.82, 2.24) is 4.90 Å². The maximum absolute atomic E-state index is 12.7. The fourth-order valence-electron chi connectivity index (χ4n) is 2.59. The minimum atomic E-state index is -0.493. The van der Waals surface area contributed by atoms with Crippen molar-refractivity contribution in [3.05, 3.63) is 35.9 Å². The number of nitrogens with two attached hydrogens (primary N) is 1. The van der Waals surface area contributed by atoms with Crippen LogP contribution in [-0.4, -0.2) is 28.9 Å². The Balaban J connectivity index is 2.15. The normalized spacial score (nSPS) is 19.4. The number of hydrogen-bond acceptors (Lipinski definition) is 2. The minimum Gasteiger partial charge on any atom is -0.392 e. The fraction of sp³-hybridized carbons (Fsp3) is 0.500. The topological polar surface area (TPSA) is 46.3 Å². The third-order valence-electron chi connectivity index (χ3n) is 4.09. The molecule has 108 valence electrons. The molecular weight excluding hydrogens is 268 g/mol. The number of thiocarbonyl (C=S) groups is 1. The zero-order chi connectivity index (χ0) is 14.8. The molecule has 1 atom stereocenters. The van der Waals surface area contributed by atoms with Gasteiger partial charge in [0, 0.05) is 13.1 Å². The second-order valence-corrected chi connectivity index (χ2v) is 6.71. The number of amides is 1. The molecule has 0 spiro atoms. The third kappa shape index (κ3) is 3.37. The van der Waals surface area contributed by atoms with E-state index >= 15 is 0 Å². The Bertz CT molecular complexity index is 488. The van der Waals surface area contributed by atoms with Crippen LogP contribution < -0.4 is 5.73 Å². The molecule has 0 bridgehead atoms. The minimum absolute atomic E-state index is 0.0409. The lowest BCUT2D eigenvalue weighted by molar-refractivity contribution is -0.133. The highest BCUT2D eigenvalue weighted by Crippen LogP contribution is 2.31. The number of nitrogens with zero attached hydrogens (tertiary/aromatic N) is 1. The van der Waals surface area contributed by atoms with E-state index in [2.05, 4.69) is 13.8 Å². The van der Waals surface area contributed by atoms with Gasteiger partial charge in [0.1, 0.15) is 5.92 Å². The van der Waals surface area contributed by atoms with Crippen molar-refractivity contribution in [2.24, 2.45) is 11.1 Å². The Hall–Kier alpha value is -1.42. The second kappa shape index (κ2) is 5.92. The average molecular weight is 290 g/mol. The number of likely N-dealkylation sites (tertiary alicyclic amines) is 1. The van der Waals surface area contributed by atoms with Gasteiger partial charge in [0.15, 0.2) is 0 Å². The molecular formula is C16H22N2OS. The van der Waals surface area contributed by atoms with Crippen LogP contribution in [0.4, 0.5) is 0 Å². The molecule has 0 saturated carbocycles. The van der Waals surface area contributed by atoms with Gasteiger partial charge in [-0.1, -0.05) is 56.4 Å². The predicted molar refractivity (Wildman–Crippen MR) is 85.6 cm³/mol. The number of carbonyl (C=O) groups is 1. The maximum Gasteiger partial charge on any atom is 0.236 e. The maximum atomic E-state index is 12.7. The van der Waals surface area contributed by atoms with E-state index in [-0.39, 0.29) is 10.9 Å². The zero-order valence-corrected chi connectivity index (χ0v) is 13.0. The molecule has 1 unspecified atom stereocenters. The molecule has 2 N–H and O–H groups in total. The standard InChI is InChI=1S/C16H22N2OS/c1-16(2)8-10-18(11-9-16)15(19)13(14(17)20)12-6-4-3-5-7-12/h3-7,13H,8-11H2,1-2H3,(H2,17,20). The first-order chi connectivity index (χ1) is 9.41. The number of hydrogen-bond donors (Lipinski definition) is 1. The summed E-state index contributed by atoms with van der Waals surface area (Å²) in [6.45, 7) is 6.07. The van der Waals surface area contributed by atoms with Crippen LogP contribution in [0.25, 0.3) is 0 Å². The quantitative estimate of drug-likeness (QED) is 0.871. The summed E-state index contributed by atoms with van der Waals surface area (Å²) in [5, 5.41) is 0. The summed E-state index contributed by atoms with van der Waals surface area (Å²) in [6, 6.07) is 9.57. The molecule has 1 aromatic carbocycles. The zero-order valence-electron chi connectivity index (χ0n) is 12.1. The summed E-state index contributed by atoms with van der Waals surface area (Å²) < 4.78 is 0. The first-order valence-electron chi connectivity index (χ1n) is 7.04. The van der Waals surface area contributed by atoms with E-state index in [9.17, 15) is 4.79 Å². The number of benzene rings is 1. The summed E-state index contributed by atoms with van der Waals surface area (Å²) in [7, 11) is 0. The molecule has 2 rings (SSSR count). The van der Waals surface area contributed by atoms with Crippen molar-refractivity contribution in [3.8, 4) is 0 Å². The predicted octanol–water partition coefficient (Wildman–Crippen LogP) is 2.70. The summed E-state index contributed by atoms with van der Waals surface area (Å²) in [5.74, 6) is -0.452. The first kappa shape index (κ1) is 15.0. The van der Waals surface area contributed by atoms with E-state index in [1.807, 2.05) is 35.2 Å². The van der Waals surface area contributed by atoms with Gasteiger partial charge in [0.05, 0.1) is 4.99 Å². The molecule has 0 aliphatic carbocycles. The van der Waals surface area contributed by atoms with Gasteiger partial charge in [-0.05, 0) is 23.8 Å². The summed E-state index contributed by atoms with van der Waals surface area (Å²) >= 11 is 5.12. The van der Waals surface area contributed by atoms with Crippen LogP contribution >= 0.6 is 12.2 Å². The van der Waals surface area contributed by atoms with Crippen LogP contribution in [0.5, 0.6) is 0 Å². The molecule has 1 saturated heterocycles. The van der Waals surface area contributed by atoms with Gasteiger partial charge < -0.3 is 10.6 Å². The van der Waals surface area contributed by atoms with Crippen molar-refractivity contribution >= 4 is 23.1 Å². The molecule has 1 aromatic rings. The van der Waals surface area contributed by atoms with Gasteiger partial charge >= 0.3 is 0 Å². The number of carbonyl (C=O) groups excluding carboxylic acids is 1. The van der Waals surface area contributed by atoms with Crippen LogP contribution in [-0.2, 0) is 4.79 Å². The Morgan fingerprint density at radius 3 is 2.30 bits per heavy atom. The van der Waals surface area contributed by atoms with Crippen LogP contribution in [0.3, 0.4) is 0 Å². The van der Waals surface area contributed by atoms with Crippen molar-refractivity contribution in [2.75, 3.05) is 13.1 Å². The van der Waals surface area contributed by atoms with Crippen molar-refractivity contribution < 1.29 is 4.79 Å². The molecule has 1 amide bonds. The monoisotopic (exact) mass is 290 g/mol. The highest BCUT2D eigenvalue weighted by atomic mass is 32.1. The van der Waals surface area contributed by atoms with Crippen molar-refractivity contribution in [2.45, 2.75) is 32.6 Å². The molecule has 1 heterocycles. The Morgan fingerprint density at radius 2 is 1.80 bits per heavy atom. The molecule has 20 heavy (non-hydrogen) atoms. The van der Waals surface area contributed by atoms with Gasteiger partial charge in [-0.25, -0.2) is 0 Å². The van der Waals surface area contributed by atoms with Crippen molar-refractivity contribution in [1.29, 1.82) is 0 Å². The molecule has 0 aromatic heterocycles. The van der Waals surface area contributed by atoms with Gasteiger partial charge in [-0.2, -0.15) is 0 Å². The summed E-state index contributed by atoms with van der Waals surface area (Å²) in [5.41, 5.74) is 7.02. The Morgan fingerprint density at radius 1 is 1.25 bits per heavy atom. The largest absolute Gasteiger partial charge is 0.392 e. The van der Waals surface area contributed by atoms with E-state index < -0.39 is 5.92 Å². The lowest BCUT2D eigenvalue weighted by Crippen LogP contribution is -2.45. The van der Waals surface area contributed by atoms with Gasteiger partial charge in [0.2, 0.25) is 5.91 Å². The Labute approximate surface area is 126 Å². The molecule has 4 heteroatoms.